The number of halogens is 3. The summed E-state index contributed by atoms with van der Waals surface area (Å²) < 4.78 is 48.4. The average Bonchev–Trinajstić information content (AvgIpc) is 3.16. The zero-order valence-corrected chi connectivity index (χ0v) is 15.2. The summed E-state index contributed by atoms with van der Waals surface area (Å²) in [6.45, 7) is 3.14. The van der Waals surface area contributed by atoms with E-state index in [2.05, 4.69) is 27.5 Å². The summed E-state index contributed by atoms with van der Waals surface area (Å²) in [5.41, 5.74) is -0.152. The van der Waals surface area contributed by atoms with Crippen LogP contribution in [0.25, 0.3) is 0 Å². The number of guanidine groups is 1. The van der Waals surface area contributed by atoms with Crippen LogP contribution in [-0.2, 0) is 15.7 Å². The van der Waals surface area contributed by atoms with E-state index in [1.54, 1.807) is 7.05 Å². The van der Waals surface area contributed by atoms with E-state index in [9.17, 15) is 13.2 Å². The number of alkyl halides is 3. The first-order valence-corrected chi connectivity index (χ1v) is 8.79. The number of rotatable bonds is 6. The second kappa shape index (κ2) is 10.8. The zero-order valence-electron chi connectivity index (χ0n) is 15.2. The molecule has 0 aromatic heterocycles. The van der Waals surface area contributed by atoms with Gasteiger partial charge >= 0.3 is 6.18 Å². The van der Waals surface area contributed by atoms with Gasteiger partial charge in [0, 0.05) is 32.4 Å². The molecule has 0 bridgehead atoms. The highest BCUT2D eigenvalue weighted by molar-refractivity contribution is 5.79. The molecule has 8 heteroatoms. The molecule has 1 aromatic carbocycles. The second-order valence-corrected chi connectivity index (χ2v) is 5.94. The van der Waals surface area contributed by atoms with Crippen LogP contribution in [0.15, 0.2) is 29.3 Å². The van der Waals surface area contributed by atoms with Crippen molar-refractivity contribution < 1.29 is 22.6 Å². The molecular formula is C19H24F3N3O2. The van der Waals surface area contributed by atoms with Crippen LogP contribution < -0.4 is 10.6 Å². The molecule has 2 N–H and O–H groups in total. The highest BCUT2D eigenvalue weighted by Gasteiger charge is 2.29. The maximum Gasteiger partial charge on any atom is 0.416 e. The molecule has 1 aliphatic heterocycles. The highest BCUT2D eigenvalue weighted by atomic mass is 19.4. The standard InChI is InChI=1S/C19H24F3N3O2/c1-23-18(25-11-3-12-27-17-9-13-26-14-17)24-10-2-4-15-5-7-16(8-6-15)19(20,21)22/h5-8,17H,3,9-14H2,1H3,(H2,23,24,25). The van der Waals surface area contributed by atoms with Crippen molar-refractivity contribution >= 4 is 5.96 Å². The van der Waals surface area contributed by atoms with E-state index in [0.29, 0.717) is 37.8 Å². The highest BCUT2D eigenvalue weighted by Crippen LogP contribution is 2.28. The van der Waals surface area contributed by atoms with Gasteiger partial charge in [-0.25, -0.2) is 0 Å². The van der Waals surface area contributed by atoms with Crippen molar-refractivity contribution in [1.29, 1.82) is 0 Å². The molecule has 0 amide bonds. The summed E-state index contributed by atoms with van der Waals surface area (Å²) in [5, 5.41) is 6.18. The Morgan fingerprint density at radius 3 is 2.70 bits per heavy atom. The molecule has 0 spiro atoms. The molecule has 148 valence electrons. The van der Waals surface area contributed by atoms with Crippen LogP contribution >= 0.6 is 0 Å². The van der Waals surface area contributed by atoms with E-state index in [1.807, 2.05) is 0 Å². The number of hydrogen-bond donors (Lipinski definition) is 2. The van der Waals surface area contributed by atoms with Crippen molar-refractivity contribution in [3.8, 4) is 11.8 Å². The van der Waals surface area contributed by atoms with Crippen molar-refractivity contribution in [2.45, 2.75) is 25.1 Å². The normalized spacial score (nSPS) is 17.3. The molecule has 27 heavy (non-hydrogen) atoms. The van der Waals surface area contributed by atoms with E-state index in [4.69, 9.17) is 9.47 Å². The minimum atomic E-state index is -4.33. The molecule has 5 nitrogen and oxygen atoms in total. The fourth-order valence-corrected chi connectivity index (χ4v) is 2.41. The van der Waals surface area contributed by atoms with Crippen LogP contribution in [-0.4, -0.2) is 52.0 Å². The summed E-state index contributed by atoms with van der Waals surface area (Å²) in [5.74, 6) is 6.29. The lowest BCUT2D eigenvalue weighted by molar-refractivity contribution is -0.137. The minimum absolute atomic E-state index is 0.211. The number of nitrogens with one attached hydrogen (secondary N) is 2. The topological polar surface area (TPSA) is 54.9 Å². The van der Waals surface area contributed by atoms with Gasteiger partial charge in [-0.15, -0.1) is 0 Å². The summed E-state index contributed by atoms with van der Waals surface area (Å²) in [6.07, 6.45) is -2.33. The molecule has 1 saturated heterocycles. The maximum atomic E-state index is 12.5. The fourth-order valence-electron chi connectivity index (χ4n) is 2.41. The first kappa shape index (κ1) is 21.1. The first-order valence-electron chi connectivity index (χ1n) is 8.79. The Balaban J connectivity index is 1.63. The third kappa shape index (κ3) is 7.89. The maximum absolute atomic E-state index is 12.5. The summed E-state index contributed by atoms with van der Waals surface area (Å²) in [4.78, 5) is 4.09. The molecule has 1 aliphatic rings. The van der Waals surface area contributed by atoms with Crippen LogP contribution in [0.5, 0.6) is 0 Å². The molecule has 0 saturated carbocycles. The van der Waals surface area contributed by atoms with Gasteiger partial charge in [0.2, 0.25) is 0 Å². The Bertz CT molecular complexity index is 658. The predicted octanol–water partition coefficient (Wildman–Crippen LogP) is 2.42. The summed E-state index contributed by atoms with van der Waals surface area (Å²) >= 11 is 0. The van der Waals surface area contributed by atoms with Crippen LogP contribution in [0.2, 0.25) is 0 Å². The van der Waals surface area contributed by atoms with E-state index < -0.39 is 11.7 Å². The summed E-state index contributed by atoms with van der Waals surface area (Å²) in [7, 11) is 1.66. The van der Waals surface area contributed by atoms with Crippen LogP contribution in [0, 0.1) is 11.8 Å². The second-order valence-electron chi connectivity index (χ2n) is 5.94. The third-order valence-electron chi connectivity index (χ3n) is 3.87. The first-order chi connectivity index (χ1) is 13.0. The molecule has 1 fully saturated rings. The molecule has 0 radical (unpaired) electrons. The third-order valence-corrected chi connectivity index (χ3v) is 3.87. The van der Waals surface area contributed by atoms with Crippen molar-refractivity contribution in [3.63, 3.8) is 0 Å². The number of ether oxygens (including phenoxy) is 2. The molecule has 0 aliphatic carbocycles. The van der Waals surface area contributed by atoms with Crippen LogP contribution in [0.1, 0.15) is 24.0 Å². The largest absolute Gasteiger partial charge is 0.416 e. The lowest BCUT2D eigenvalue weighted by Gasteiger charge is -2.12. The zero-order chi connectivity index (χ0) is 19.5. The van der Waals surface area contributed by atoms with Gasteiger partial charge in [0.15, 0.2) is 5.96 Å². The Morgan fingerprint density at radius 2 is 2.07 bits per heavy atom. The van der Waals surface area contributed by atoms with E-state index in [0.717, 1.165) is 31.6 Å². The van der Waals surface area contributed by atoms with Gasteiger partial charge in [-0.3, -0.25) is 4.99 Å². The monoisotopic (exact) mass is 383 g/mol. The molecule has 1 unspecified atom stereocenters. The van der Waals surface area contributed by atoms with Gasteiger partial charge in [0.1, 0.15) is 0 Å². The Hall–Kier alpha value is -2.24. The van der Waals surface area contributed by atoms with Crippen LogP contribution in [0.3, 0.4) is 0 Å². The number of hydrogen-bond acceptors (Lipinski definition) is 3. The van der Waals surface area contributed by atoms with Gasteiger partial charge in [-0.1, -0.05) is 11.8 Å². The lowest BCUT2D eigenvalue weighted by atomic mass is 10.1. The van der Waals surface area contributed by atoms with Gasteiger partial charge < -0.3 is 20.1 Å². The number of benzene rings is 1. The smallest absolute Gasteiger partial charge is 0.379 e. The minimum Gasteiger partial charge on any atom is -0.379 e. The SMILES string of the molecule is CN=C(NCC#Cc1ccc(C(F)(F)F)cc1)NCCCOC1CCOC1. The Kier molecular flexibility index (Phi) is 8.43. The van der Waals surface area contributed by atoms with E-state index >= 15 is 0 Å². The van der Waals surface area contributed by atoms with E-state index in [1.165, 1.54) is 12.1 Å². The van der Waals surface area contributed by atoms with Crippen molar-refractivity contribution in [2.75, 3.05) is 40.0 Å². The van der Waals surface area contributed by atoms with Crippen molar-refractivity contribution in [2.24, 2.45) is 4.99 Å². The lowest BCUT2D eigenvalue weighted by Crippen LogP contribution is -2.38. The fraction of sp³-hybridized carbons (Fsp3) is 0.526. The van der Waals surface area contributed by atoms with Gasteiger partial charge in [0.25, 0.3) is 0 Å². The van der Waals surface area contributed by atoms with E-state index in [-0.39, 0.29) is 6.10 Å². The quantitative estimate of drug-likeness (QED) is 0.343. The number of nitrogens with zero attached hydrogens (tertiary/aromatic N) is 1. The van der Waals surface area contributed by atoms with Gasteiger partial charge in [-0.05, 0) is 37.1 Å². The van der Waals surface area contributed by atoms with Crippen LogP contribution in [0.4, 0.5) is 13.2 Å². The Labute approximate surface area is 157 Å². The predicted molar refractivity (Wildman–Crippen MR) is 97.5 cm³/mol. The van der Waals surface area contributed by atoms with Gasteiger partial charge in [-0.2, -0.15) is 13.2 Å². The van der Waals surface area contributed by atoms with Crippen molar-refractivity contribution in [3.05, 3.63) is 35.4 Å². The molecule has 1 heterocycles. The molecule has 1 atom stereocenters. The van der Waals surface area contributed by atoms with Crippen molar-refractivity contribution in [1.82, 2.24) is 10.6 Å². The van der Waals surface area contributed by atoms with Gasteiger partial charge in [0.05, 0.1) is 24.8 Å². The molecular weight excluding hydrogens is 359 g/mol. The number of aliphatic imine (C=N–C) groups is 1. The average molecular weight is 383 g/mol. The molecule has 2 rings (SSSR count). The Morgan fingerprint density at radius 1 is 1.30 bits per heavy atom. The molecule has 1 aromatic rings. The summed E-state index contributed by atoms with van der Waals surface area (Å²) in [6, 6.07) is 4.77.